The summed E-state index contributed by atoms with van der Waals surface area (Å²) >= 11 is 5.80. The van der Waals surface area contributed by atoms with Gasteiger partial charge in [-0.2, -0.15) is 0 Å². The quantitative estimate of drug-likeness (QED) is 0.816. The molecule has 0 bridgehead atoms. The first-order valence-electron chi connectivity index (χ1n) is 5.81. The number of halogens is 1. The van der Waals surface area contributed by atoms with Crippen molar-refractivity contribution in [1.29, 1.82) is 0 Å². The highest BCUT2D eigenvalue weighted by Gasteiger charge is 2.25. The Morgan fingerprint density at radius 2 is 1.95 bits per heavy atom. The van der Waals surface area contributed by atoms with Gasteiger partial charge in [-0.1, -0.05) is 11.6 Å². The van der Waals surface area contributed by atoms with Crippen LogP contribution in [0.3, 0.4) is 0 Å². The van der Waals surface area contributed by atoms with E-state index in [9.17, 15) is 12.6 Å². The van der Waals surface area contributed by atoms with Crippen LogP contribution in [0.15, 0.2) is 23.1 Å². The number of hydrogen-bond acceptors (Lipinski definition) is 4. The normalized spacial score (nSPS) is 24.3. The van der Waals surface area contributed by atoms with Gasteiger partial charge in [-0.05, 0) is 31.0 Å². The Balaban J connectivity index is 2.18. The van der Waals surface area contributed by atoms with E-state index >= 15 is 0 Å². The van der Waals surface area contributed by atoms with E-state index in [0.29, 0.717) is 29.4 Å². The molecule has 0 saturated carbocycles. The third-order valence-corrected chi connectivity index (χ3v) is 6.17. The van der Waals surface area contributed by atoms with Gasteiger partial charge in [0.25, 0.3) is 0 Å². The number of sulfonamides is 1. The van der Waals surface area contributed by atoms with Crippen molar-refractivity contribution >= 4 is 38.1 Å². The summed E-state index contributed by atoms with van der Waals surface area (Å²) in [5.41, 5.74) is 5.84. The maximum atomic E-state index is 12.2. The molecule has 19 heavy (non-hydrogen) atoms. The Hall–Kier alpha value is -0.630. The Labute approximate surface area is 120 Å². The van der Waals surface area contributed by atoms with Crippen molar-refractivity contribution in [3.05, 3.63) is 23.2 Å². The Morgan fingerprint density at radius 3 is 2.58 bits per heavy atom. The standard InChI is InChI=1S/C11H15ClN2O3S2/c12-8-1-2-10(13)11(7-8)19(16,17)14-9-3-5-18(15)6-4-9/h1-2,7,9,14H,3-6,13H2. The molecule has 3 N–H and O–H groups in total. The predicted octanol–water partition coefficient (Wildman–Crippen LogP) is 1.11. The Kier molecular flexibility index (Phi) is 4.50. The highest BCUT2D eigenvalue weighted by molar-refractivity contribution is 7.89. The van der Waals surface area contributed by atoms with Gasteiger partial charge < -0.3 is 5.73 Å². The second-order valence-electron chi connectivity index (χ2n) is 4.43. The lowest BCUT2D eigenvalue weighted by atomic mass is 10.2. The zero-order chi connectivity index (χ0) is 14.0. The van der Waals surface area contributed by atoms with Crippen LogP contribution in [0.1, 0.15) is 12.8 Å². The summed E-state index contributed by atoms with van der Waals surface area (Å²) in [6, 6.07) is 4.15. The summed E-state index contributed by atoms with van der Waals surface area (Å²) in [6.45, 7) is 0. The molecule has 2 rings (SSSR count). The van der Waals surface area contributed by atoms with Crippen molar-refractivity contribution < 1.29 is 12.6 Å². The van der Waals surface area contributed by atoms with Crippen molar-refractivity contribution in [1.82, 2.24) is 4.72 Å². The fraction of sp³-hybridized carbons (Fsp3) is 0.455. The van der Waals surface area contributed by atoms with Gasteiger partial charge in [-0.15, -0.1) is 0 Å². The predicted molar refractivity (Wildman–Crippen MR) is 77.1 cm³/mol. The molecule has 1 heterocycles. The minimum atomic E-state index is -3.69. The van der Waals surface area contributed by atoms with Gasteiger partial charge in [0, 0.05) is 33.4 Å². The summed E-state index contributed by atoms with van der Waals surface area (Å²) in [5.74, 6) is 1.05. The number of benzene rings is 1. The van der Waals surface area contributed by atoms with Gasteiger partial charge in [0.1, 0.15) is 4.90 Å². The molecule has 1 fully saturated rings. The number of hydrogen-bond donors (Lipinski definition) is 2. The lowest BCUT2D eigenvalue weighted by Crippen LogP contribution is -2.39. The molecule has 0 aliphatic carbocycles. The molecule has 0 amide bonds. The summed E-state index contributed by atoms with van der Waals surface area (Å²) in [6.07, 6.45) is 1.15. The van der Waals surface area contributed by atoms with E-state index in [1.165, 1.54) is 12.1 Å². The number of anilines is 1. The first kappa shape index (κ1) is 14.8. The Morgan fingerprint density at radius 1 is 1.32 bits per heavy atom. The largest absolute Gasteiger partial charge is 0.398 e. The highest BCUT2D eigenvalue weighted by atomic mass is 35.5. The van der Waals surface area contributed by atoms with Crippen molar-refractivity contribution in [2.75, 3.05) is 17.2 Å². The maximum absolute atomic E-state index is 12.2. The third-order valence-electron chi connectivity index (χ3n) is 2.97. The van der Waals surface area contributed by atoms with E-state index in [2.05, 4.69) is 4.72 Å². The van der Waals surface area contributed by atoms with Crippen LogP contribution in [-0.2, 0) is 20.8 Å². The molecular formula is C11H15ClN2O3S2. The molecule has 1 aliphatic heterocycles. The van der Waals surface area contributed by atoms with Crippen LogP contribution in [0.4, 0.5) is 5.69 Å². The molecule has 0 unspecified atom stereocenters. The number of rotatable bonds is 3. The minimum Gasteiger partial charge on any atom is -0.398 e. The average molecular weight is 323 g/mol. The van der Waals surface area contributed by atoms with Gasteiger partial charge in [0.15, 0.2) is 0 Å². The van der Waals surface area contributed by atoms with E-state index in [4.69, 9.17) is 17.3 Å². The number of nitrogen functional groups attached to an aromatic ring is 1. The van der Waals surface area contributed by atoms with E-state index in [1.54, 1.807) is 6.07 Å². The summed E-state index contributed by atoms with van der Waals surface area (Å²) in [4.78, 5) is -0.00769. The van der Waals surface area contributed by atoms with Crippen LogP contribution < -0.4 is 10.5 Å². The average Bonchev–Trinajstić information content (AvgIpc) is 2.35. The molecule has 0 aromatic heterocycles. The first-order valence-corrected chi connectivity index (χ1v) is 9.16. The van der Waals surface area contributed by atoms with Gasteiger partial charge >= 0.3 is 0 Å². The molecule has 0 radical (unpaired) electrons. The minimum absolute atomic E-state index is 0.00769. The van der Waals surface area contributed by atoms with Crippen molar-refractivity contribution in [2.24, 2.45) is 0 Å². The summed E-state index contributed by atoms with van der Waals surface area (Å²) in [5, 5.41) is 0.319. The third kappa shape index (κ3) is 3.68. The second-order valence-corrected chi connectivity index (χ2v) is 8.24. The van der Waals surface area contributed by atoms with Gasteiger partial charge in [-0.3, -0.25) is 4.21 Å². The zero-order valence-corrected chi connectivity index (χ0v) is 12.5. The van der Waals surface area contributed by atoms with Gasteiger partial charge in [-0.25, -0.2) is 13.1 Å². The monoisotopic (exact) mass is 322 g/mol. The van der Waals surface area contributed by atoms with E-state index in [-0.39, 0.29) is 16.6 Å². The van der Waals surface area contributed by atoms with Gasteiger partial charge in [0.05, 0.1) is 5.69 Å². The van der Waals surface area contributed by atoms with Crippen LogP contribution in [0, 0.1) is 0 Å². The summed E-state index contributed by atoms with van der Waals surface area (Å²) in [7, 11) is -4.51. The van der Waals surface area contributed by atoms with Crippen molar-refractivity contribution in [3.8, 4) is 0 Å². The topological polar surface area (TPSA) is 89.3 Å². The smallest absolute Gasteiger partial charge is 0.242 e. The van der Waals surface area contributed by atoms with Crippen LogP contribution in [0.2, 0.25) is 5.02 Å². The molecule has 1 aliphatic rings. The lowest BCUT2D eigenvalue weighted by molar-refractivity contribution is 0.522. The molecule has 1 saturated heterocycles. The first-order chi connectivity index (χ1) is 8.88. The van der Waals surface area contributed by atoms with E-state index in [1.807, 2.05) is 0 Å². The SMILES string of the molecule is Nc1ccc(Cl)cc1S(=O)(=O)NC1CCS(=O)CC1. The second kappa shape index (κ2) is 5.78. The Bertz CT molecular complexity index is 594. The van der Waals surface area contributed by atoms with E-state index in [0.717, 1.165) is 0 Å². The molecule has 0 atom stereocenters. The van der Waals surface area contributed by atoms with Crippen LogP contribution in [0.5, 0.6) is 0 Å². The van der Waals surface area contributed by atoms with Crippen LogP contribution >= 0.6 is 11.6 Å². The van der Waals surface area contributed by atoms with Crippen molar-refractivity contribution in [2.45, 2.75) is 23.8 Å². The van der Waals surface area contributed by atoms with Crippen LogP contribution in [0.25, 0.3) is 0 Å². The maximum Gasteiger partial charge on any atom is 0.242 e. The molecule has 5 nitrogen and oxygen atoms in total. The highest BCUT2D eigenvalue weighted by Crippen LogP contribution is 2.23. The molecule has 8 heteroatoms. The van der Waals surface area contributed by atoms with Crippen LogP contribution in [-0.4, -0.2) is 30.2 Å². The lowest BCUT2D eigenvalue weighted by Gasteiger charge is -2.22. The van der Waals surface area contributed by atoms with Crippen molar-refractivity contribution in [3.63, 3.8) is 0 Å². The zero-order valence-electron chi connectivity index (χ0n) is 10.1. The molecule has 106 valence electrons. The molecule has 1 aromatic carbocycles. The molecule has 1 aromatic rings. The summed E-state index contributed by atoms with van der Waals surface area (Å²) < 4.78 is 38.3. The van der Waals surface area contributed by atoms with Gasteiger partial charge in [0.2, 0.25) is 10.0 Å². The number of nitrogens with two attached hydrogens (primary N) is 1. The fourth-order valence-corrected chi connectivity index (χ4v) is 4.93. The van der Waals surface area contributed by atoms with E-state index < -0.39 is 20.8 Å². The molecular weight excluding hydrogens is 308 g/mol. The number of nitrogens with one attached hydrogen (secondary N) is 1. The molecule has 0 spiro atoms. The fourth-order valence-electron chi connectivity index (χ4n) is 1.94.